The third kappa shape index (κ3) is 2.40. The van der Waals surface area contributed by atoms with E-state index >= 15 is 0 Å². The summed E-state index contributed by atoms with van der Waals surface area (Å²) >= 11 is 0. The first-order valence-electron chi connectivity index (χ1n) is 6.49. The summed E-state index contributed by atoms with van der Waals surface area (Å²) in [5.41, 5.74) is 2.10. The molecule has 0 aliphatic carbocycles. The van der Waals surface area contributed by atoms with Crippen LogP contribution in [0.15, 0.2) is 54.6 Å². The number of amides is 1. The molecule has 2 aromatic carbocycles. The lowest BCUT2D eigenvalue weighted by Gasteiger charge is -2.25. The molecule has 100 valence electrons. The van der Waals surface area contributed by atoms with Crippen molar-refractivity contribution >= 4 is 23.1 Å². The van der Waals surface area contributed by atoms with E-state index in [4.69, 9.17) is 0 Å². The van der Waals surface area contributed by atoms with E-state index in [-0.39, 0.29) is 18.1 Å². The van der Waals surface area contributed by atoms with E-state index in [9.17, 15) is 9.59 Å². The largest absolute Gasteiger partial charge is 0.373 e. The topological polar surface area (TPSA) is 58.2 Å². The number of fused-ring (bicyclic) bond motifs is 1. The van der Waals surface area contributed by atoms with Gasteiger partial charge in [-0.2, -0.15) is 0 Å². The summed E-state index contributed by atoms with van der Waals surface area (Å²) in [6.07, 6.45) is 0.176. The molecule has 0 unspecified atom stereocenters. The van der Waals surface area contributed by atoms with E-state index in [0.29, 0.717) is 5.56 Å². The first-order chi connectivity index (χ1) is 9.74. The van der Waals surface area contributed by atoms with Gasteiger partial charge in [-0.25, -0.2) is 0 Å². The lowest BCUT2D eigenvalue weighted by atomic mass is 9.96. The molecule has 0 spiro atoms. The number of nitrogens with one attached hydrogen (secondary N) is 2. The van der Waals surface area contributed by atoms with Gasteiger partial charge in [0.15, 0.2) is 5.78 Å². The SMILES string of the molecule is O=C1C[C@H](C(=O)Nc2ccccc2)Nc2ccccc21. The number of benzene rings is 2. The highest BCUT2D eigenvalue weighted by molar-refractivity contribution is 6.09. The van der Waals surface area contributed by atoms with Gasteiger partial charge in [0.2, 0.25) is 5.91 Å². The Hall–Kier alpha value is -2.62. The maximum Gasteiger partial charge on any atom is 0.247 e. The van der Waals surface area contributed by atoms with Gasteiger partial charge in [0.05, 0.1) is 0 Å². The van der Waals surface area contributed by atoms with Crippen LogP contribution in [0.25, 0.3) is 0 Å². The second-order valence-electron chi connectivity index (χ2n) is 4.73. The van der Waals surface area contributed by atoms with Crippen molar-refractivity contribution < 1.29 is 9.59 Å². The van der Waals surface area contributed by atoms with E-state index < -0.39 is 6.04 Å². The second-order valence-corrected chi connectivity index (χ2v) is 4.73. The van der Waals surface area contributed by atoms with Gasteiger partial charge in [-0.15, -0.1) is 0 Å². The molecule has 1 amide bonds. The molecule has 4 nitrogen and oxygen atoms in total. The number of hydrogen-bond acceptors (Lipinski definition) is 3. The Bertz CT molecular complexity index is 653. The molecule has 2 N–H and O–H groups in total. The van der Waals surface area contributed by atoms with Crippen LogP contribution < -0.4 is 10.6 Å². The van der Waals surface area contributed by atoms with E-state index in [0.717, 1.165) is 11.4 Å². The number of carbonyl (C=O) groups is 2. The second kappa shape index (κ2) is 5.17. The molecule has 0 saturated carbocycles. The van der Waals surface area contributed by atoms with Crippen LogP contribution in [-0.2, 0) is 4.79 Å². The Morgan fingerprint density at radius 2 is 1.75 bits per heavy atom. The number of carbonyl (C=O) groups excluding carboxylic acids is 2. The Kier molecular flexibility index (Phi) is 3.21. The van der Waals surface area contributed by atoms with Gasteiger partial charge in [-0.1, -0.05) is 30.3 Å². The minimum absolute atomic E-state index is 0.00689. The smallest absolute Gasteiger partial charge is 0.247 e. The molecule has 0 radical (unpaired) electrons. The zero-order valence-electron chi connectivity index (χ0n) is 10.8. The molecule has 1 heterocycles. The molecule has 1 aliphatic heterocycles. The molecule has 0 bridgehead atoms. The van der Waals surface area contributed by atoms with Crippen molar-refractivity contribution in [3.63, 3.8) is 0 Å². The van der Waals surface area contributed by atoms with Crippen molar-refractivity contribution in [3.05, 3.63) is 60.2 Å². The van der Waals surface area contributed by atoms with E-state index in [2.05, 4.69) is 10.6 Å². The molecule has 2 aromatic rings. The minimum Gasteiger partial charge on any atom is -0.373 e. The third-order valence-electron chi connectivity index (χ3n) is 3.30. The summed E-state index contributed by atoms with van der Waals surface area (Å²) in [7, 11) is 0. The average molecular weight is 266 g/mol. The number of hydrogen-bond donors (Lipinski definition) is 2. The highest BCUT2D eigenvalue weighted by Gasteiger charge is 2.28. The van der Waals surface area contributed by atoms with Crippen LogP contribution in [0, 0.1) is 0 Å². The fourth-order valence-electron chi connectivity index (χ4n) is 2.30. The minimum atomic E-state index is -0.530. The van der Waals surface area contributed by atoms with Crippen molar-refractivity contribution in [1.29, 1.82) is 0 Å². The molecule has 4 heteroatoms. The van der Waals surface area contributed by atoms with Gasteiger partial charge < -0.3 is 10.6 Å². The van der Waals surface area contributed by atoms with Crippen molar-refractivity contribution in [3.8, 4) is 0 Å². The summed E-state index contributed by atoms with van der Waals surface area (Å²) in [5.74, 6) is -0.202. The number of para-hydroxylation sites is 2. The van der Waals surface area contributed by atoms with Crippen molar-refractivity contribution in [1.82, 2.24) is 0 Å². The summed E-state index contributed by atoms with van der Waals surface area (Å²) in [5, 5.41) is 5.92. The maximum atomic E-state index is 12.2. The molecular weight excluding hydrogens is 252 g/mol. The molecule has 1 atom stereocenters. The molecule has 0 aromatic heterocycles. The normalized spacial score (nSPS) is 17.0. The average Bonchev–Trinajstić information content (AvgIpc) is 2.48. The summed E-state index contributed by atoms with van der Waals surface area (Å²) in [4.78, 5) is 24.2. The quantitative estimate of drug-likeness (QED) is 0.878. The first-order valence-corrected chi connectivity index (χ1v) is 6.49. The zero-order chi connectivity index (χ0) is 13.9. The fourth-order valence-corrected chi connectivity index (χ4v) is 2.30. The molecule has 1 aliphatic rings. The van der Waals surface area contributed by atoms with E-state index in [1.165, 1.54) is 0 Å². The van der Waals surface area contributed by atoms with Gasteiger partial charge in [0, 0.05) is 23.4 Å². The van der Waals surface area contributed by atoms with Crippen LogP contribution in [0.4, 0.5) is 11.4 Å². The van der Waals surface area contributed by atoms with Crippen LogP contribution in [0.5, 0.6) is 0 Å². The van der Waals surface area contributed by atoms with Crippen molar-refractivity contribution in [2.75, 3.05) is 10.6 Å². The van der Waals surface area contributed by atoms with Crippen LogP contribution in [0.2, 0.25) is 0 Å². The number of rotatable bonds is 2. The van der Waals surface area contributed by atoms with Gasteiger partial charge in [0.1, 0.15) is 6.04 Å². The Morgan fingerprint density at radius 3 is 2.55 bits per heavy atom. The lowest BCUT2D eigenvalue weighted by molar-refractivity contribution is -0.116. The molecule has 0 saturated heterocycles. The molecule has 0 fully saturated rings. The van der Waals surface area contributed by atoms with E-state index in [1.54, 1.807) is 6.07 Å². The molecule has 20 heavy (non-hydrogen) atoms. The van der Waals surface area contributed by atoms with E-state index in [1.807, 2.05) is 48.5 Å². The number of Topliss-reactive ketones (excluding diaryl/α,β-unsaturated/α-hetero) is 1. The maximum absolute atomic E-state index is 12.2. The Balaban J connectivity index is 1.76. The monoisotopic (exact) mass is 266 g/mol. The highest BCUT2D eigenvalue weighted by Crippen LogP contribution is 2.24. The van der Waals surface area contributed by atoms with Gasteiger partial charge in [-0.3, -0.25) is 9.59 Å². The Labute approximate surface area is 116 Å². The molecule has 3 rings (SSSR count). The lowest BCUT2D eigenvalue weighted by Crippen LogP contribution is -2.39. The van der Waals surface area contributed by atoms with Crippen LogP contribution >= 0.6 is 0 Å². The summed E-state index contributed by atoms with van der Waals surface area (Å²) < 4.78 is 0. The summed E-state index contributed by atoms with van der Waals surface area (Å²) in [6, 6.07) is 15.9. The predicted octanol–water partition coefficient (Wildman–Crippen LogP) is 2.69. The van der Waals surface area contributed by atoms with Crippen molar-refractivity contribution in [2.45, 2.75) is 12.5 Å². The van der Waals surface area contributed by atoms with Gasteiger partial charge in [0.25, 0.3) is 0 Å². The highest BCUT2D eigenvalue weighted by atomic mass is 16.2. The predicted molar refractivity (Wildman–Crippen MR) is 77.9 cm³/mol. The van der Waals surface area contributed by atoms with Crippen molar-refractivity contribution in [2.24, 2.45) is 0 Å². The Morgan fingerprint density at radius 1 is 1.05 bits per heavy atom. The zero-order valence-corrected chi connectivity index (χ0v) is 10.8. The van der Waals surface area contributed by atoms with Gasteiger partial charge >= 0.3 is 0 Å². The van der Waals surface area contributed by atoms with Crippen LogP contribution in [0.1, 0.15) is 16.8 Å². The molecular formula is C16H14N2O2. The standard InChI is InChI=1S/C16H14N2O2/c19-15-10-14(18-13-9-5-4-8-12(13)15)16(20)17-11-6-2-1-3-7-11/h1-9,14,18H,10H2,(H,17,20)/t14-/m1/s1. The summed E-state index contributed by atoms with van der Waals surface area (Å²) in [6.45, 7) is 0. The first kappa shape index (κ1) is 12.4. The number of ketones is 1. The fraction of sp³-hybridized carbons (Fsp3) is 0.125. The number of anilines is 2. The van der Waals surface area contributed by atoms with Gasteiger partial charge in [-0.05, 0) is 24.3 Å². The van der Waals surface area contributed by atoms with Crippen LogP contribution in [0.3, 0.4) is 0 Å². The third-order valence-corrected chi connectivity index (χ3v) is 3.30. The van der Waals surface area contributed by atoms with Crippen LogP contribution in [-0.4, -0.2) is 17.7 Å².